The molecule has 1 aromatic rings. The Morgan fingerprint density at radius 2 is 2.00 bits per heavy atom. The number of anilines is 1. The van der Waals surface area contributed by atoms with E-state index in [-0.39, 0.29) is 6.03 Å². The highest BCUT2D eigenvalue weighted by Gasteiger charge is 2.16. The summed E-state index contributed by atoms with van der Waals surface area (Å²) < 4.78 is 0. The lowest BCUT2D eigenvalue weighted by molar-refractivity contribution is 0.213. The van der Waals surface area contributed by atoms with Crippen molar-refractivity contribution in [3.05, 3.63) is 11.8 Å². The molecule has 0 radical (unpaired) electrons. The first-order valence-corrected chi connectivity index (χ1v) is 6.78. The van der Waals surface area contributed by atoms with Crippen molar-refractivity contribution in [2.45, 2.75) is 45.4 Å². The maximum Gasteiger partial charge on any atom is 0.323 e. The molecule has 1 aromatic heterocycles. The Hall–Kier alpha value is -1.52. The van der Waals surface area contributed by atoms with Crippen LogP contribution < -0.4 is 5.32 Å². The molecule has 0 aliphatic carbocycles. The summed E-state index contributed by atoms with van der Waals surface area (Å²) in [4.78, 5) is 13.9. The van der Waals surface area contributed by atoms with E-state index in [9.17, 15) is 4.79 Å². The van der Waals surface area contributed by atoms with Crippen molar-refractivity contribution < 1.29 is 4.79 Å². The van der Waals surface area contributed by atoms with Crippen LogP contribution in [-0.2, 0) is 0 Å². The standard InChI is InChI=1S/C13H22N4O/c1-10(2)11-9-12(16-15-11)14-13(18)17-7-5-3-4-6-8-17/h9-10H,3-8H2,1-2H3,(H2,14,15,16,18). The van der Waals surface area contributed by atoms with Crippen LogP contribution in [0.5, 0.6) is 0 Å². The predicted octanol–water partition coefficient (Wildman–Crippen LogP) is 2.94. The number of amides is 2. The lowest BCUT2D eigenvalue weighted by Crippen LogP contribution is -2.35. The number of aromatic amines is 1. The highest BCUT2D eigenvalue weighted by Crippen LogP contribution is 2.16. The normalized spacial score (nSPS) is 16.7. The first-order chi connectivity index (χ1) is 8.66. The Balaban J connectivity index is 1.92. The van der Waals surface area contributed by atoms with Gasteiger partial charge in [-0.1, -0.05) is 26.7 Å². The summed E-state index contributed by atoms with van der Waals surface area (Å²) in [6, 6.07) is 1.87. The van der Waals surface area contributed by atoms with Crippen LogP contribution in [0.15, 0.2) is 6.07 Å². The van der Waals surface area contributed by atoms with E-state index in [1.807, 2.05) is 11.0 Å². The Kier molecular flexibility index (Phi) is 4.23. The minimum atomic E-state index is -0.0290. The molecule has 1 aliphatic heterocycles. The topological polar surface area (TPSA) is 61.0 Å². The SMILES string of the molecule is CC(C)c1cc(NC(=O)N2CCCCCC2)n[nH]1. The van der Waals surface area contributed by atoms with Crippen LogP contribution >= 0.6 is 0 Å². The number of likely N-dealkylation sites (tertiary alicyclic amines) is 1. The molecule has 1 saturated heterocycles. The van der Waals surface area contributed by atoms with Gasteiger partial charge in [-0.25, -0.2) is 4.79 Å². The maximum absolute atomic E-state index is 12.1. The van der Waals surface area contributed by atoms with Crippen molar-refractivity contribution >= 4 is 11.8 Å². The Morgan fingerprint density at radius 3 is 2.56 bits per heavy atom. The summed E-state index contributed by atoms with van der Waals surface area (Å²) in [7, 11) is 0. The molecule has 2 N–H and O–H groups in total. The fraction of sp³-hybridized carbons (Fsp3) is 0.692. The molecule has 0 atom stereocenters. The van der Waals surface area contributed by atoms with Crippen molar-refractivity contribution in [1.82, 2.24) is 15.1 Å². The molecule has 1 aliphatic rings. The lowest BCUT2D eigenvalue weighted by atomic mass is 10.1. The molecule has 2 amide bonds. The van der Waals surface area contributed by atoms with Gasteiger partial charge in [-0.3, -0.25) is 10.4 Å². The number of hydrogen-bond acceptors (Lipinski definition) is 2. The van der Waals surface area contributed by atoms with Crippen molar-refractivity contribution in [3.8, 4) is 0 Å². The van der Waals surface area contributed by atoms with Crippen LogP contribution in [0.2, 0.25) is 0 Å². The number of carbonyl (C=O) groups excluding carboxylic acids is 1. The third kappa shape index (κ3) is 3.24. The van der Waals surface area contributed by atoms with Gasteiger partial charge in [0, 0.05) is 24.8 Å². The molecule has 2 heterocycles. The van der Waals surface area contributed by atoms with E-state index >= 15 is 0 Å². The van der Waals surface area contributed by atoms with Crippen LogP contribution in [0.1, 0.15) is 51.1 Å². The molecule has 2 rings (SSSR count). The molecule has 0 aromatic carbocycles. The Morgan fingerprint density at radius 1 is 1.33 bits per heavy atom. The van der Waals surface area contributed by atoms with E-state index in [2.05, 4.69) is 29.4 Å². The van der Waals surface area contributed by atoms with E-state index in [0.717, 1.165) is 31.6 Å². The monoisotopic (exact) mass is 250 g/mol. The summed E-state index contributed by atoms with van der Waals surface area (Å²) in [6.07, 6.45) is 4.66. The molecule has 5 nitrogen and oxygen atoms in total. The number of urea groups is 1. The van der Waals surface area contributed by atoms with Crippen LogP contribution in [0.4, 0.5) is 10.6 Å². The lowest BCUT2D eigenvalue weighted by Gasteiger charge is -2.19. The average molecular weight is 250 g/mol. The van der Waals surface area contributed by atoms with Crippen LogP contribution in [0.25, 0.3) is 0 Å². The van der Waals surface area contributed by atoms with Crippen LogP contribution in [-0.4, -0.2) is 34.2 Å². The summed E-state index contributed by atoms with van der Waals surface area (Å²) in [6.45, 7) is 5.89. The third-order valence-electron chi connectivity index (χ3n) is 3.35. The second kappa shape index (κ2) is 5.89. The number of rotatable bonds is 2. The van der Waals surface area contributed by atoms with Gasteiger partial charge >= 0.3 is 6.03 Å². The van der Waals surface area contributed by atoms with Crippen molar-refractivity contribution in [1.29, 1.82) is 0 Å². The minimum absolute atomic E-state index is 0.0290. The average Bonchev–Trinajstić information content (AvgIpc) is 2.64. The second-order valence-electron chi connectivity index (χ2n) is 5.19. The third-order valence-corrected chi connectivity index (χ3v) is 3.35. The zero-order chi connectivity index (χ0) is 13.0. The number of nitrogens with one attached hydrogen (secondary N) is 2. The van der Waals surface area contributed by atoms with Gasteiger partial charge in [-0.2, -0.15) is 5.10 Å². The number of carbonyl (C=O) groups is 1. The fourth-order valence-corrected chi connectivity index (χ4v) is 2.16. The Bertz CT molecular complexity index is 391. The largest absolute Gasteiger partial charge is 0.325 e. The molecule has 0 unspecified atom stereocenters. The zero-order valence-corrected chi connectivity index (χ0v) is 11.2. The molecule has 100 valence electrons. The van der Waals surface area contributed by atoms with Crippen LogP contribution in [0, 0.1) is 0 Å². The van der Waals surface area contributed by atoms with Crippen molar-refractivity contribution in [2.24, 2.45) is 0 Å². The van der Waals surface area contributed by atoms with Gasteiger partial charge in [-0.15, -0.1) is 0 Å². The van der Waals surface area contributed by atoms with Gasteiger partial charge in [0.1, 0.15) is 0 Å². The second-order valence-corrected chi connectivity index (χ2v) is 5.19. The quantitative estimate of drug-likeness (QED) is 0.847. The van der Waals surface area contributed by atoms with Gasteiger partial charge in [0.25, 0.3) is 0 Å². The number of nitrogens with zero attached hydrogens (tertiary/aromatic N) is 2. The van der Waals surface area contributed by atoms with Gasteiger partial charge in [0.05, 0.1) is 0 Å². The molecule has 0 spiro atoms. The van der Waals surface area contributed by atoms with Crippen molar-refractivity contribution in [2.75, 3.05) is 18.4 Å². The van der Waals surface area contributed by atoms with Gasteiger partial charge < -0.3 is 4.90 Å². The summed E-state index contributed by atoms with van der Waals surface area (Å²) in [5.41, 5.74) is 1.04. The van der Waals surface area contributed by atoms with E-state index < -0.39 is 0 Å². The molecular formula is C13H22N4O. The summed E-state index contributed by atoms with van der Waals surface area (Å²) >= 11 is 0. The predicted molar refractivity (Wildman–Crippen MR) is 71.7 cm³/mol. The molecule has 0 saturated carbocycles. The zero-order valence-electron chi connectivity index (χ0n) is 11.2. The maximum atomic E-state index is 12.1. The molecular weight excluding hydrogens is 228 g/mol. The first kappa shape index (κ1) is 12.9. The van der Waals surface area contributed by atoms with Crippen molar-refractivity contribution in [3.63, 3.8) is 0 Å². The minimum Gasteiger partial charge on any atom is -0.325 e. The van der Waals surface area contributed by atoms with Gasteiger partial charge in [0.15, 0.2) is 5.82 Å². The van der Waals surface area contributed by atoms with Gasteiger partial charge in [-0.05, 0) is 18.8 Å². The highest BCUT2D eigenvalue weighted by atomic mass is 16.2. The molecule has 5 heteroatoms. The number of hydrogen-bond donors (Lipinski definition) is 2. The van der Waals surface area contributed by atoms with E-state index in [0.29, 0.717) is 11.7 Å². The fourth-order valence-electron chi connectivity index (χ4n) is 2.16. The summed E-state index contributed by atoms with van der Waals surface area (Å²) in [5.74, 6) is 1.01. The Labute approximate surface area is 108 Å². The van der Waals surface area contributed by atoms with E-state index in [1.54, 1.807) is 0 Å². The first-order valence-electron chi connectivity index (χ1n) is 6.78. The highest BCUT2D eigenvalue weighted by molar-refractivity contribution is 5.88. The number of aromatic nitrogens is 2. The van der Waals surface area contributed by atoms with Crippen LogP contribution in [0.3, 0.4) is 0 Å². The molecule has 18 heavy (non-hydrogen) atoms. The molecule has 0 bridgehead atoms. The van der Waals surface area contributed by atoms with E-state index in [4.69, 9.17) is 0 Å². The van der Waals surface area contributed by atoms with E-state index in [1.165, 1.54) is 12.8 Å². The molecule has 1 fully saturated rings. The smallest absolute Gasteiger partial charge is 0.323 e. The number of H-pyrrole nitrogens is 1. The van der Waals surface area contributed by atoms with Gasteiger partial charge in [0.2, 0.25) is 0 Å². The summed E-state index contributed by atoms with van der Waals surface area (Å²) in [5, 5.41) is 9.91.